The van der Waals surface area contributed by atoms with Crippen molar-refractivity contribution in [2.24, 2.45) is 5.73 Å². The van der Waals surface area contributed by atoms with Crippen molar-refractivity contribution in [2.75, 3.05) is 0 Å². The lowest BCUT2D eigenvalue weighted by Crippen LogP contribution is -2.04. The van der Waals surface area contributed by atoms with Gasteiger partial charge in [-0.2, -0.15) is 0 Å². The van der Waals surface area contributed by atoms with Crippen LogP contribution < -0.4 is 5.73 Å². The van der Waals surface area contributed by atoms with Crippen molar-refractivity contribution in [3.8, 4) is 17.1 Å². The summed E-state index contributed by atoms with van der Waals surface area (Å²) in [6, 6.07) is 24.2. The fraction of sp³-hybridized carbons (Fsp3) is 0.0952. The van der Waals surface area contributed by atoms with Crippen LogP contribution in [-0.4, -0.2) is 9.55 Å². The highest BCUT2D eigenvalue weighted by Gasteiger charge is 2.15. The summed E-state index contributed by atoms with van der Waals surface area (Å²) >= 11 is 6.05. The Labute approximate surface area is 151 Å². The first-order chi connectivity index (χ1) is 12.1. The molecule has 4 rings (SSSR count). The van der Waals surface area contributed by atoms with Crippen LogP contribution in [0.25, 0.3) is 28.1 Å². The lowest BCUT2D eigenvalue weighted by molar-refractivity contribution is 0.819. The van der Waals surface area contributed by atoms with Gasteiger partial charge < -0.3 is 5.73 Å². The molecule has 0 aliphatic heterocycles. The van der Waals surface area contributed by atoms with Gasteiger partial charge in [-0.3, -0.25) is 4.57 Å². The van der Waals surface area contributed by atoms with Gasteiger partial charge in [-0.05, 0) is 61.0 Å². The highest BCUT2D eigenvalue weighted by molar-refractivity contribution is 6.30. The molecule has 1 unspecified atom stereocenters. The van der Waals surface area contributed by atoms with E-state index in [-0.39, 0.29) is 6.04 Å². The van der Waals surface area contributed by atoms with E-state index >= 15 is 0 Å². The van der Waals surface area contributed by atoms with Crippen LogP contribution in [0.4, 0.5) is 0 Å². The Kier molecular flexibility index (Phi) is 4.04. The number of hydrogen-bond acceptors (Lipinski definition) is 2. The van der Waals surface area contributed by atoms with E-state index in [4.69, 9.17) is 22.3 Å². The quantitative estimate of drug-likeness (QED) is 0.541. The number of aromatic nitrogens is 2. The van der Waals surface area contributed by atoms with E-state index in [2.05, 4.69) is 34.9 Å². The predicted octanol–water partition coefficient (Wildman–Crippen LogP) is 5.37. The molecule has 0 radical (unpaired) electrons. The summed E-state index contributed by atoms with van der Waals surface area (Å²) in [5, 5.41) is 0.713. The van der Waals surface area contributed by atoms with E-state index in [0.29, 0.717) is 5.02 Å². The molecule has 0 fully saturated rings. The summed E-state index contributed by atoms with van der Waals surface area (Å²) < 4.78 is 2.17. The van der Waals surface area contributed by atoms with Gasteiger partial charge in [-0.15, -0.1) is 0 Å². The molecule has 0 amide bonds. The molecular weight excluding hydrogens is 330 g/mol. The van der Waals surface area contributed by atoms with E-state index in [1.54, 1.807) is 0 Å². The lowest BCUT2D eigenvalue weighted by atomic mass is 10.1. The lowest BCUT2D eigenvalue weighted by Gasteiger charge is -2.10. The molecule has 1 atom stereocenters. The number of para-hydroxylation sites is 1. The Morgan fingerprint density at radius 3 is 2.36 bits per heavy atom. The van der Waals surface area contributed by atoms with Crippen LogP contribution in [0, 0.1) is 0 Å². The molecule has 0 aliphatic rings. The summed E-state index contributed by atoms with van der Waals surface area (Å²) in [6.45, 7) is 1.98. The Balaban J connectivity index is 2.01. The fourth-order valence-electron chi connectivity index (χ4n) is 3.01. The predicted molar refractivity (Wildman–Crippen MR) is 104 cm³/mol. The zero-order valence-electron chi connectivity index (χ0n) is 13.9. The molecule has 0 aliphatic carbocycles. The molecular formula is C21H18ClN3. The van der Waals surface area contributed by atoms with Crippen molar-refractivity contribution in [2.45, 2.75) is 13.0 Å². The first kappa shape index (κ1) is 15.9. The topological polar surface area (TPSA) is 43.8 Å². The van der Waals surface area contributed by atoms with Crippen molar-refractivity contribution in [1.29, 1.82) is 0 Å². The second kappa shape index (κ2) is 6.36. The van der Waals surface area contributed by atoms with Gasteiger partial charge in [0, 0.05) is 22.3 Å². The van der Waals surface area contributed by atoms with Gasteiger partial charge >= 0.3 is 0 Å². The standard InChI is InChI=1S/C21H18ClN3/c1-14(23)16-9-12-20-19(13-16)24-21(15-7-10-17(22)11-8-15)25(20)18-5-3-2-4-6-18/h2-14H,23H2,1H3. The normalized spacial score (nSPS) is 12.4. The van der Waals surface area contributed by atoms with Crippen LogP contribution in [0.15, 0.2) is 72.8 Å². The van der Waals surface area contributed by atoms with Gasteiger partial charge in [0.25, 0.3) is 0 Å². The molecule has 25 heavy (non-hydrogen) atoms. The second-order valence-electron chi connectivity index (χ2n) is 6.15. The number of fused-ring (bicyclic) bond motifs is 1. The van der Waals surface area contributed by atoms with E-state index in [9.17, 15) is 0 Å². The second-order valence-corrected chi connectivity index (χ2v) is 6.59. The highest BCUT2D eigenvalue weighted by Crippen LogP contribution is 2.30. The van der Waals surface area contributed by atoms with Crippen LogP contribution in [0.5, 0.6) is 0 Å². The number of benzene rings is 3. The third-order valence-corrected chi connectivity index (χ3v) is 4.57. The molecule has 0 saturated carbocycles. The smallest absolute Gasteiger partial charge is 0.145 e. The first-order valence-corrected chi connectivity index (χ1v) is 8.60. The Morgan fingerprint density at radius 1 is 0.960 bits per heavy atom. The van der Waals surface area contributed by atoms with Crippen molar-refractivity contribution < 1.29 is 0 Å². The van der Waals surface area contributed by atoms with Gasteiger partial charge in [0.15, 0.2) is 0 Å². The molecule has 3 nitrogen and oxygen atoms in total. The maximum Gasteiger partial charge on any atom is 0.145 e. The van der Waals surface area contributed by atoms with Gasteiger partial charge in [0.2, 0.25) is 0 Å². The van der Waals surface area contributed by atoms with Gasteiger partial charge in [0.05, 0.1) is 11.0 Å². The molecule has 124 valence electrons. The zero-order chi connectivity index (χ0) is 17.4. The molecule has 4 heteroatoms. The first-order valence-electron chi connectivity index (χ1n) is 8.23. The van der Waals surface area contributed by atoms with Crippen molar-refractivity contribution in [3.63, 3.8) is 0 Å². The van der Waals surface area contributed by atoms with Crippen LogP contribution in [0.2, 0.25) is 5.02 Å². The highest BCUT2D eigenvalue weighted by atomic mass is 35.5. The third kappa shape index (κ3) is 2.93. The van der Waals surface area contributed by atoms with E-state index < -0.39 is 0 Å². The number of nitrogens with two attached hydrogens (primary N) is 1. The molecule has 1 aromatic heterocycles. The maximum atomic E-state index is 6.05. The number of rotatable bonds is 3. The minimum Gasteiger partial charge on any atom is -0.324 e. The van der Waals surface area contributed by atoms with Crippen molar-refractivity contribution in [3.05, 3.63) is 83.4 Å². The van der Waals surface area contributed by atoms with Gasteiger partial charge in [0.1, 0.15) is 5.82 Å². The largest absolute Gasteiger partial charge is 0.324 e. The Morgan fingerprint density at radius 2 is 1.68 bits per heavy atom. The van der Waals surface area contributed by atoms with Crippen LogP contribution in [0.1, 0.15) is 18.5 Å². The van der Waals surface area contributed by atoms with Crippen LogP contribution >= 0.6 is 11.6 Å². The number of nitrogens with zero attached hydrogens (tertiary/aromatic N) is 2. The van der Waals surface area contributed by atoms with Gasteiger partial charge in [-0.25, -0.2) is 4.98 Å². The van der Waals surface area contributed by atoms with Crippen molar-refractivity contribution in [1.82, 2.24) is 9.55 Å². The van der Waals surface area contributed by atoms with E-state index in [0.717, 1.165) is 33.7 Å². The number of imidazole rings is 1. The summed E-state index contributed by atoms with van der Waals surface area (Å²) in [5.41, 5.74) is 11.2. The Bertz CT molecular complexity index is 1020. The summed E-state index contributed by atoms with van der Waals surface area (Å²) in [4.78, 5) is 4.90. The monoisotopic (exact) mass is 347 g/mol. The fourth-order valence-corrected chi connectivity index (χ4v) is 3.14. The van der Waals surface area contributed by atoms with Crippen LogP contribution in [0.3, 0.4) is 0 Å². The minimum atomic E-state index is -0.0229. The molecule has 2 N–H and O–H groups in total. The summed E-state index contributed by atoms with van der Waals surface area (Å²) in [5.74, 6) is 0.889. The van der Waals surface area contributed by atoms with E-state index in [1.807, 2.05) is 49.4 Å². The average molecular weight is 348 g/mol. The molecule has 3 aromatic carbocycles. The molecule has 4 aromatic rings. The number of halogens is 1. The third-order valence-electron chi connectivity index (χ3n) is 4.32. The minimum absolute atomic E-state index is 0.0229. The molecule has 0 bridgehead atoms. The SMILES string of the molecule is CC(N)c1ccc2c(c1)nc(-c1ccc(Cl)cc1)n2-c1ccccc1. The number of hydrogen-bond donors (Lipinski definition) is 1. The average Bonchev–Trinajstić information content (AvgIpc) is 3.01. The molecule has 0 spiro atoms. The zero-order valence-corrected chi connectivity index (χ0v) is 14.6. The molecule has 0 saturated heterocycles. The summed E-state index contributed by atoms with van der Waals surface area (Å²) in [7, 11) is 0. The van der Waals surface area contributed by atoms with Crippen molar-refractivity contribution >= 4 is 22.6 Å². The van der Waals surface area contributed by atoms with Gasteiger partial charge in [-0.1, -0.05) is 35.9 Å². The van der Waals surface area contributed by atoms with E-state index in [1.165, 1.54) is 0 Å². The van der Waals surface area contributed by atoms with Crippen LogP contribution in [-0.2, 0) is 0 Å². The Hall–Kier alpha value is -2.62. The maximum absolute atomic E-state index is 6.05. The summed E-state index contributed by atoms with van der Waals surface area (Å²) in [6.07, 6.45) is 0. The molecule has 1 heterocycles.